The van der Waals surface area contributed by atoms with E-state index in [1.165, 1.54) is 0 Å². The van der Waals surface area contributed by atoms with Gasteiger partial charge in [0.2, 0.25) is 0 Å². The first-order valence-electron chi connectivity index (χ1n) is 5.00. The Kier molecular flexibility index (Phi) is 34900000. The van der Waals surface area contributed by atoms with Crippen molar-refractivity contribution in [2.24, 2.45) is 0 Å². The van der Waals surface area contributed by atoms with Crippen molar-refractivity contribution in [1.29, 1.82) is 0 Å². The fourth-order valence-corrected chi connectivity index (χ4v) is 0. The van der Waals surface area contributed by atoms with Crippen LogP contribution in [0.3, 0.4) is 0 Å². The Bertz CT molecular complexity index is 11.8. The summed E-state index contributed by atoms with van der Waals surface area (Å²) < 4.78 is 0. The molecule has 0 bridgehead atoms. The quantitative estimate of drug-likeness (QED) is 0.384. The second-order valence-corrected chi connectivity index (χ2v) is 0. The third-order valence-corrected chi connectivity index (χ3v) is 0. The molecule has 0 aromatic heterocycles. The number of rotatable bonds is 0. The summed E-state index contributed by atoms with van der Waals surface area (Å²) in [4.78, 5) is 0. The van der Waals surface area contributed by atoms with Gasteiger partial charge in [-0.25, -0.2) is 0 Å². The largest absolute Gasteiger partial charge is 0.0776 e. The van der Waals surface area contributed by atoms with E-state index < -0.39 is 0 Å². The minimum absolute atomic E-state index is 0. The molecule has 0 heterocycles. The van der Waals surface area contributed by atoms with E-state index in [1.807, 2.05) is 69.2 Å². The van der Waals surface area contributed by atoms with E-state index in [9.17, 15) is 0 Å². The van der Waals surface area contributed by atoms with E-state index >= 15 is 0 Å². The topological polar surface area (TPSA) is 0 Å². The monoisotopic (exact) mass is 341 g/mol. The summed E-state index contributed by atoms with van der Waals surface area (Å²) in [5.74, 6) is 0. The van der Waals surface area contributed by atoms with E-state index in [-0.39, 0.29) is 91.5 Å². The maximum atomic E-state index is 2.00. The van der Waals surface area contributed by atoms with Gasteiger partial charge in [-0.15, -0.1) is 0 Å². The molecule has 0 nitrogen and oxygen atoms in total. The lowest BCUT2D eigenvalue weighted by Crippen LogP contribution is -0.856. The minimum Gasteiger partial charge on any atom is -0.0776 e. The molecule has 0 aromatic carbocycles. The lowest BCUT2D eigenvalue weighted by Gasteiger charge is -1.07. The SMILES string of the molecule is C.C.C.C.C.C.C.C.C.C.C.CC.CC.CC.CC.CC.[2HH].[B]. The van der Waals surface area contributed by atoms with Crippen LogP contribution in [0.4, 0.5) is 0 Å². The molecule has 0 aromatic rings. The molecule has 0 aliphatic rings. The van der Waals surface area contributed by atoms with Gasteiger partial charge in [0.15, 0.2) is 0 Å². The van der Waals surface area contributed by atoms with E-state index in [4.69, 9.17) is 0 Å². The van der Waals surface area contributed by atoms with Crippen molar-refractivity contribution in [3.63, 3.8) is 0 Å². The van der Waals surface area contributed by atoms with E-state index in [1.54, 1.807) is 0 Å². The summed E-state index contributed by atoms with van der Waals surface area (Å²) in [5, 5.41) is 0. The zero-order valence-electron chi connectivity index (χ0n) is 10.6. The lowest BCUT2D eigenvalue weighted by molar-refractivity contribution is 1.50. The molecule has 0 spiro atoms. The first-order valence-corrected chi connectivity index (χ1v) is 5.00. The predicted molar refractivity (Wildman–Crippen MR) is 139 cm³/mol. The average molecular weight is 341 g/mol. The third-order valence-electron chi connectivity index (χ3n) is 0. The van der Waals surface area contributed by atoms with Crippen LogP contribution in [0.15, 0.2) is 0 Å². The van der Waals surface area contributed by atoms with Gasteiger partial charge in [-0.2, -0.15) is 0 Å². The molecule has 0 aliphatic heterocycles. The van der Waals surface area contributed by atoms with Crippen LogP contribution >= 0.6 is 0 Å². The first-order chi connectivity index (χ1) is 5.00. The maximum Gasteiger partial charge on any atom is 0 e. The highest BCUT2D eigenvalue weighted by molar-refractivity contribution is 5.75. The Morgan fingerprint density at radius 3 is 0.227 bits per heavy atom. The van der Waals surface area contributed by atoms with Gasteiger partial charge in [0.1, 0.15) is 0 Å². The van der Waals surface area contributed by atoms with Gasteiger partial charge in [0.05, 0.1) is 0 Å². The van der Waals surface area contributed by atoms with Gasteiger partial charge in [-0.3, -0.25) is 0 Å². The molecule has 0 saturated heterocycles. The maximum absolute atomic E-state index is 2.00. The van der Waals surface area contributed by atoms with Gasteiger partial charge in [-0.1, -0.05) is 151 Å². The molecule has 0 saturated carbocycles. The van der Waals surface area contributed by atoms with Crippen molar-refractivity contribution >= 4 is 8.41 Å². The summed E-state index contributed by atoms with van der Waals surface area (Å²) in [6, 6.07) is 0. The van der Waals surface area contributed by atoms with Gasteiger partial charge >= 0.3 is 0 Å². The zero-order valence-corrected chi connectivity index (χ0v) is 10.6. The zero-order chi connectivity index (χ0) is 10.0. The van der Waals surface area contributed by atoms with Crippen LogP contribution in [-0.2, 0) is 0 Å². The van der Waals surface area contributed by atoms with Crippen LogP contribution in [0.1, 0.15) is 152 Å². The highest BCUT2D eigenvalue weighted by Crippen LogP contribution is 1.15. The fraction of sp³-hybridized carbons (Fsp3) is 1.00. The first kappa shape index (κ1) is 382. The Labute approximate surface area is 161 Å². The van der Waals surface area contributed by atoms with E-state index in [0.717, 1.165) is 0 Å². The molecular weight excluding hydrogens is 263 g/mol. The van der Waals surface area contributed by atoms with Crippen molar-refractivity contribution in [2.45, 2.75) is 151 Å². The van der Waals surface area contributed by atoms with Crippen LogP contribution in [-0.4, -0.2) is 8.41 Å². The van der Waals surface area contributed by atoms with Crippen molar-refractivity contribution in [2.75, 3.05) is 0 Å². The van der Waals surface area contributed by atoms with Crippen LogP contribution in [0, 0.1) is 0 Å². The summed E-state index contributed by atoms with van der Waals surface area (Å²) in [6.45, 7) is 20.0. The number of hydrogen-bond donors (Lipinski definition) is 0. The van der Waals surface area contributed by atoms with Gasteiger partial charge < -0.3 is 0 Å². The molecule has 0 fully saturated rings. The molecule has 22 heavy (non-hydrogen) atoms. The molecule has 0 atom stereocenters. The van der Waals surface area contributed by atoms with Crippen LogP contribution < -0.4 is 0 Å². The normalized spacial score (nSPS) is 1.36. The Hall–Kier alpha value is 0.0649. The molecule has 0 N–H and O–H groups in total. The molecule has 163 valence electrons. The van der Waals surface area contributed by atoms with Gasteiger partial charge in [-0.05, 0) is 0 Å². The van der Waals surface area contributed by atoms with E-state index in [2.05, 4.69) is 0 Å². The highest BCUT2D eigenvalue weighted by Gasteiger charge is 0.940. The Morgan fingerprint density at radius 1 is 0.227 bits per heavy atom. The molecule has 3 radical (unpaired) electrons. The second kappa shape index (κ2) is 2010000. The molecule has 1 heteroatoms. The molecule has 0 unspecified atom stereocenters. The molecule has 0 amide bonds. The predicted octanol–water partition coefficient (Wildman–Crippen LogP) is 12.0. The van der Waals surface area contributed by atoms with Gasteiger partial charge in [0, 0.05) is 9.84 Å². The van der Waals surface area contributed by atoms with Crippen molar-refractivity contribution in [3.8, 4) is 0 Å². The molecule has 0 aliphatic carbocycles. The summed E-state index contributed by atoms with van der Waals surface area (Å²) in [5.41, 5.74) is 0. The van der Waals surface area contributed by atoms with Crippen LogP contribution in [0.5, 0.6) is 0 Å². The summed E-state index contributed by atoms with van der Waals surface area (Å²) in [7, 11) is 0. The fourth-order valence-electron chi connectivity index (χ4n) is 0. The van der Waals surface area contributed by atoms with Crippen molar-refractivity contribution in [3.05, 3.63) is 0 Å². The second-order valence-electron chi connectivity index (χ2n) is 0. The number of hydrogen-bond acceptors (Lipinski definition) is 0. The van der Waals surface area contributed by atoms with Crippen LogP contribution in [0.25, 0.3) is 0 Å². The molecule has 0 rings (SSSR count). The smallest absolute Gasteiger partial charge is 0 e. The minimum atomic E-state index is 0. The van der Waals surface area contributed by atoms with Crippen molar-refractivity contribution < 1.29 is 1.43 Å². The van der Waals surface area contributed by atoms with Crippen LogP contribution in [0.2, 0.25) is 0 Å². The standard InChI is InChI=1S/5C2H6.11CH4.B.H2/c5*1-2;;;;;;;;;;;;;/h5*1-2H3;11*1H4;;1H/i;;;;;;;;;;;;;;;;;1+1. The molecular formula is C21H76B. The Morgan fingerprint density at radius 2 is 0.227 bits per heavy atom. The summed E-state index contributed by atoms with van der Waals surface area (Å²) >= 11 is 0. The average Bonchev–Trinajstić information content (AvgIpc) is 2.20. The highest BCUT2D eigenvalue weighted by atomic mass is 13.0. The summed E-state index contributed by atoms with van der Waals surface area (Å²) in [6.07, 6.45) is 0. The third kappa shape index (κ3) is 1730000. The van der Waals surface area contributed by atoms with E-state index in [0.29, 0.717) is 0 Å². The van der Waals surface area contributed by atoms with Crippen molar-refractivity contribution in [1.82, 2.24) is 0 Å². The lowest BCUT2D eigenvalue weighted by atomic mass is 10.8. The Balaban J connectivity index is -0.000000000744. The van der Waals surface area contributed by atoms with Gasteiger partial charge in [0.25, 0.3) is 0 Å².